The molecule has 4 nitrogen and oxygen atoms in total. The molecular weight excluding hydrogens is 196 g/mol. The quantitative estimate of drug-likeness (QED) is 0.383. The van der Waals surface area contributed by atoms with Crippen LogP contribution in [0.4, 0.5) is 0 Å². The maximum absolute atomic E-state index is 11.4. The summed E-state index contributed by atoms with van der Waals surface area (Å²) in [6.45, 7) is 5.77. The molecule has 0 spiro atoms. The smallest absolute Gasteiger partial charge is 0.320 e. The van der Waals surface area contributed by atoms with Gasteiger partial charge in [-0.15, -0.1) is 0 Å². The van der Waals surface area contributed by atoms with Gasteiger partial charge in [0.15, 0.2) is 5.92 Å². The van der Waals surface area contributed by atoms with Gasteiger partial charge < -0.3 is 9.47 Å². The first-order chi connectivity index (χ1) is 7.17. The lowest BCUT2D eigenvalue weighted by Crippen LogP contribution is -2.27. The van der Waals surface area contributed by atoms with E-state index >= 15 is 0 Å². The van der Waals surface area contributed by atoms with E-state index in [1.165, 1.54) is 0 Å². The lowest BCUT2D eigenvalue weighted by Gasteiger charge is -2.12. The van der Waals surface area contributed by atoms with E-state index in [2.05, 4.69) is 0 Å². The topological polar surface area (TPSA) is 52.6 Å². The van der Waals surface area contributed by atoms with Crippen molar-refractivity contribution in [3.05, 3.63) is 12.2 Å². The van der Waals surface area contributed by atoms with Crippen LogP contribution in [0.3, 0.4) is 0 Å². The maximum Gasteiger partial charge on any atom is 0.320 e. The molecule has 0 rings (SSSR count). The summed E-state index contributed by atoms with van der Waals surface area (Å²) in [5.41, 5.74) is 0. The van der Waals surface area contributed by atoms with Gasteiger partial charge in [0.2, 0.25) is 0 Å². The standard InChI is InChI=1S/C11H18O4/c1-4-7-8-9(10(12)14-5-2)11(13)15-6-3/h4,7,9H,5-6,8H2,1-3H3/b7-4-. The van der Waals surface area contributed by atoms with E-state index in [9.17, 15) is 9.59 Å². The fourth-order valence-corrected chi connectivity index (χ4v) is 1.05. The highest BCUT2D eigenvalue weighted by Gasteiger charge is 2.27. The van der Waals surface area contributed by atoms with Gasteiger partial charge in [0.05, 0.1) is 13.2 Å². The van der Waals surface area contributed by atoms with E-state index in [4.69, 9.17) is 9.47 Å². The maximum atomic E-state index is 11.4. The second kappa shape index (κ2) is 8.03. The zero-order chi connectivity index (χ0) is 11.7. The van der Waals surface area contributed by atoms with Crippen LogP contribution in [0.5, 0.6) is 0 Å². The summed E-state index contributed by atoms with van der Waals surface area (Å²) < 4.78 is 9.59. The van der Waals surface area contributed by atoms with Crippen molar-refractivity contribution in [1.29, 1.82) is 0 Å². The molecule has 0 heterocycles. The number of rotatable bonds is 6. The van der Waals surface area contributed by atoms with Gasteiger partial charge in [-0.3, -0.25) is 9.59 Å². The van der Waals surface area contributed by atoms with E-state index in [0.29, 0.717) is 6.42 Å². The molecule has 0 fully saturated rings. The monoisotopic (exact) mass is 214 g/mol. The number of ether oxygens (including phenoxy) is 2. The summed E-state index contributed by atoms with van der Waals surface area (Å²) in [5.74, 6) is -1.87. The Bertz CT molecular complexity index is 215. The molecule has 0 aliphatic carbocycles. The minimum atomic E-state index is -0.832. The molecule has 0 aliphatic heterocycles. The van der Waals surface area contributed by atoms with Gasteiger partial charge in [0, 0.05) is 0 Å². The largest absolute Gasteiger partial charge is 0.465 e. The predicted octanol–water partition coefficient (Wildman–Crippen LogP) is 1.70. The fraction of sp³-hybridized carbons (Fsp3) is 0.636. The van der Waals surface area contributed by atoms with E-state index in [1.54, 1.807) is 26.0 Å². The van der Waals surface area contributed by atoms with Crippen molar-refractivity contribution >= 4 is 11.9 Å². The highest BCUT2D eigenvalue weighted by Crippen LogP contribution is 2.09. The van der Waals surface area contributed by atoms with E-state index in [-0.39, 0.29) is 13.2 Å². The second-order valence-corrected chi connectivity index (χ2v) is 2.86. The minimum Gasteiger partial charge on any atom is -0.465 e. The Hall–Kier alpha value is -1.32. The molecule has 0 N–H and O–H groups in total. The lowest BCUT2D eigenvalue weighted by atomic mass is 10.1. The van der Waals surface area contributed by atoms with Crippen molar-refractivity contribution in [3.63, 3.8) is 0 Å². The second-order valence-electron chi connectivity index (χ2n) is 2.86. The van der Waals surface area contributed by atoms with Crippen LogP contribution in [0.2, 0.25) is 0 Å². The molecule has 0 aliphatic rings. The zero-order valence-corrected chi connectivity index (χ0v) is 9.49. The van der Waals surface area contributed by atoms with Gasteiger partial charge in [-0.1, -0.05) is 12.2 Å². The number of esters is 2. The Labute approximate surface area is 90.2 Å². The van der Waals surface area contributed by atoms with Crippen molar-refractivity contribution in [2.45, 2.75) is 27.2 Å². The Morgan fingerprint density at radius 3 is 1.93 bits per heavy atom. The van der Waals surface area contributed by atoms with E-state index in [0.717, 1.165) is 0 Å². The average molecular weight is 214 g/mol. The van der Waals surface area contributed by atoms with Crippen molar-refractivity contribution in [2.24, 2.45) is 5.92 Å². The summed E-state index contributed by atoms with van der Waals surface area (Å²) in [4.78, 5) is 22.8. The summed E-state index contributed by atoms with van der Waals surface area (Å²) in [5, 5.41) is 0. The van der Waals surface area contributed by atoms with Gasteiger partial charge >= 0.3 is 11.9 Å². The minimum absolute atomic E-state index is 0.268. The molecule has 0 amide bonds. The van der Waals surface area contributed by atoms with Crippen LogP contribution in [0, 0.1) is 5.92 Å². The zero-order valence-electron chi connectivity index (χ0n) is 9.49. The number of hydrogen-bond donors (Lipinski definition) is 0. The average Bonchev–Trinajstić information content (AvgIpc) is 2.19. The van der Waals surface area contributed by atoms with Crippen LogP contribution in [-0.2, 0) is 19.1 Å². The summed E-state index contributed by atoms with van der Waals surface area (Å²) in [6.07, 6.45) is 3.86. The first-order valence-corrected chi connectivity index (χ1v) is 5.11. The van der Waals surface area contributed by atoms with Crippen molar-refractivity contribution < 1.29 is 19.1 Å². The molecule has 0 bridgehead atoms. The fourth-order valence-electron chi connectivity index (χ4n) is 1.05. The van der Waals surface area contributed by atoms with Crippen molar-refractivity contribution in [2.75, 3.05) is 13.2 Å². The van der Waals surface area contributed by atoms with Gasteiger partial charge in [-0.2, -0.15) is 0 Å². The molecule has 0 unspecified atom stereocenters. The molecule has 0 radical (unpaired) electrons. The number of carbonyl (C=O) groups is 2. The first kappa shape index (κ1) is 13.7. The third-order valence-electron chi connectivity index (χ3n) is 1.75. The molecule has 0 saturated heterocycles. The summed E-state index contributed by atoms with van der Waals surface area (Å²) in [6, 6.07) is 0. The Kier molecular flexibility index (Phi) is 7.32. The third-order valence-corrected chi connectivity index (χ3v) is 1.75. The predicted molar refractivity (Wildman–Crippen MR) is 56.2 cm³/mol. The van der Waals surface area contributed by atoms with Gasteiger partial charge in [0.1, 0.15) is 0 Å². The van der Waals surface area contributed by atoms with Crippen molar-refractivity contribution in [3.8, 4) is 0 Å². The highest BCUT2D eigenvalue weighted by atomic mass is 16.6. The molecule has 0 atom stereocenters. The van der Waals surface area contributed by atoms with Gasteiger partial charge in [0.25, 0.3) is 0 Å². The summed E-state index contributed by atoms with van der Waals surface area (Å²) in [7, 11) is 0. The van der Waals surface area contributed by atoms with Crippen LogP contribution >= 0.6 is 0 Å². The molecule has 0 aromatic carbocycles. The Balaban J connectivity index is 4.41. The number of hydrogen-bond acceptors (Lipinski definition) is 4. The van der Waals surface area contributed by atoms with Crippen LogP contribution in [0.15, 0.2) is 12.2 Å². The molecule has 4 heteroatoms. The lowest BCUT2D eigenvalue weighted by molar-refractivity contribution is -0.161. The first-order valence-electron chi connectivity index (χ1n) is 5.11. The van der Waals surface area contributed by atoms with Gasteiger partial charge in [-0.25, -0.2) is 0 Å². The van der Waals surface area contributed by atoms with Gasteiger partial charge in [-0.05, 0) is 27.2 Å². The number of allylic oxidation sites excluding steroid dienone is 2. The summed E-state index contributed by atoms with van der Waals surface area (Å²) >= 11 is 0. The molecule has 0 saturated carbocycles. The van der Waals surface area contributed by atoms with E-state index in [1.807, 2.05) is 6.92 Å². The van der Waals surface area contributed by atoms with Crippen LogP contribution in [-0.4, -0.2) is 25.2 Å². The van der Waals surface area contributed by atoms with Crippen LogP contribution < -0.4 is 0 Å². The molecule has 86 valence electrons. The third kappa shape index (κ3) is 5.20. The van der Waals surface area contributed by atoms with E-state index < -0.39 is 17.9 Å². The number of carbonyl (C=O) groups excluding carboxylic acids is 2. The molecule has 0 aromatic rings. The Morgan fingerprint density at radius 2 is 1.60 bits per heavy atom. The SMILES string of the molecule is C/C=C\CC(C(=O)OCC)C(=O)OCC. The molecule has 15 heavy (non-hydrogen) atoms. The molecular formula is C11H18O4. The van der Waals surface area contributed by atoms with Crippen LogP contribution in [0.1, 0.15) is 27.2 Å². The molecule has 0 aromatic heterocycles. The highest BCUT2D eigenvalue weighted by molar-refractivity contribution is 5.95. The van der Waals surface area contributed by atoms with Crippen molar-refractivity contribution in [1.82, 2.24) is 0 Å². The Morgan fingerprint density at radius 1 is 1.13 bits per heavy atom. The van der Waals surface area contributed by atoms with Crippen LogP contribution in [0.25, 0.3) is 0 Å². The normalized spacial score (nSPS) is 10.7.